The monoisotopic (exact) mass is 450 g/mol. The number of thiophene rings is 1. The number of alkyl halides is 9. The molecule has 0 saturated heterocycles. The first kappa shape index (κ1) is 23.4. The fourth-order valence-electron chi connectivity index (χ4n) is 2.49. The van der Waals surface area contributed by atoms with Crippen LogP contribution in [0.15, 0.2) is 35.7 Å². The number of methoxy groups -OCH3 is 1. The Morgan fingerprint density at radius 2 is 1.45 bits per heavy atom. The zero-order chi connectivity index (χ0) is 22.1. The van der Waals surface area contributed by atoms with Crippen LogP contribution in [0.1, 0.15) is 18.4 Å². The van der Waals surface area contributed by atoms with E-state index in [1.54, 1.807) is 35.7 Å². The quantitative estimate of drug-likeness (QED) is 0.386. The van der Waals surface area contributed by atoms with Crippen molar-refractivity contribution >= 4 is 11.3 Å². The van der Waals surface area contributed by atoms with Crippen molar-refractivity contribution in [3.8, 4) is 16.2 Å². The molecule has 1 heterocycles. The van der Waals surface area contributed by atoms with Crippen LogP contribution in [0, 0.1) is 0 Å². The predicted molar refractivity (Wildman–Crippen MR) is 90.1 cm³/mol. The maximum Gasteiger partial charge on any atom is 0.460 e. The third kappa shape index (κ3) is 4.65. The van der Waals surface area contributed by atoms with Crippen LogP contribution in [-0.4, -0.2) is 31.1 Å². The van der Waals surface area contributed by atoms with Gasteiger partial charge in [-0.25, -0.2) is 0 Å². The van der Waals surface area contributed by atoms with Gasteiger partial charge < -0.3 is 4.74 Å². The first-order chi connectivity index (χ1) is 13.2. The highest BCUT2D eigenvalue weighted by Crippen LogP contribution is 2.54. The molecule has 0 aliphatic heterocycles. The summed E-state index contributed by atoms with van der Waals surface area (Å²) in [6.07, 6.45) is -9.49. The molecule has 0 N–H and O–H groups in total. The smallest absolute Gasteiger partial charge is 0.460 e. The van der Waals surface area contributed by atoms with E-state index in [-0.39, 0.29) is 6.42 Å². The van der Waals surface area contributed by atoms with Crippen molar-refractivity contribution in [1.29, 1.82) is 0 Å². The highest BCUT2D eigenvalue weighted by molar-refractivity contribution is 7.13. The van der Waals surface area contributed by atoms with E-state index in [1.165, 1.54) is 18.4 Å². The molecule has 1 nitrogen and oxygen atoms in total. The normalized spacial score (nSPS) is 13.6. The Hall–Kier alpha value is -1.91. The molecule has 0 amide bonds. The first-order valence-corrected chi connectivity index (χ1v) is 9.03. The molecule has 1 aromatic heterocycles. The molecule has 0 aliphatic rings. The van der Waals surface area contributed by atoms with Crippen LogP contribution < -0.4 is 4.74 Å². The van der Waals surface area contributed by atoms with Gasteiger partial charge in [0.05, 0.1) is 7.11 Å². The molecule has 0 saturated carbocycles. The number of hydrogen-bond donors (Lipinski definition) is 0. The maximum atomic E-state index is 13.5. The fraction of sp³-hybridized carbons (Fsp3) is 0.444. The zero-order valence-corrected chi connectivity index (χ0v) is 15.6. The number of aryl methyl sites for hydroxylation is 1. The molecule has 2 rings (SSSR count). The molecular weight excluding hydrogens is 435 g/mol. The standard InChI is InChI=1S/C18H15F9OS/c1-28-13-6-4-12(5-7-13)14-9-11(10-29-14)3-2-8-15(19,20)16(21,22)17(23,24)18(25,26)27/h4-7,9-10H,2-3,8H2,1H3. The van der Waals surface area contributed by atoms with Gasteiger partial charge in [0.15, 0.2) is 0 Å². The maximum absolute atomic E-state index is 13.5. The number of benzene rings is 1. The molecule has 0 aliphatic carbocycles. The lowest BCUT2D eigenvalue weighted by molar-refractivity contribution is -0.396. The molecule has 0 unspecified atom stereocenters. The second kappa shape index (κ2) is 8.08. The SMILES string of the molecule is COc1ccc(-c2cc(CCCC(F)(F)C(F)(F)C(F)(F)C(F)(F)F)cs2)cc1. The Morgan fingerprint density at radius 1 is 0.862 bits per heavy atom. The largest absolute Gasteiger partial charge is 0.497 e. The fourth-order valence-corrected chi connectivity index (χ4v) is 3.45. The average molecular weight is 450 g/mol. The van der Waals surface area contributed by atoms with E-state index < -0.39 is 36.8 Å². The van der Waals surface area contributed by atoms with E-state index in [0.29, 0.717) is 11.3 Å². The van der Waals surface area contributed by atoms with Crippen molar-refractivity contribution in [3.05, 3.63) is 41.3 Å². The zero-order valence-electron chi connectivity index (χ0n) is 14.8. The summed E-state index contributed by atoms with van der Waals surface area (Å²) in [5, 5.41) is 1.57. The first-order valence-electron chi connectivity index (χ1n) is 8.15. The van der Waals surface area contributed by atoms with Crippen molar-refractivity contribution < 1.29 is 44.3 Å². The lowest BCUT2D eigenvalue weighted by Crippen LogP contribution is -2.60. The van der Waals surface area contributed by atoms with Gasteiger partial charge in [-0.2, -0.15) is 39.5 Å². The minimum absolute atomic E-state index is 0.185. The summed E-state index contributed by atoms with van der Waals surface area (Å²) in [4.78, 5) is 0.739. The van der Waals surface area contributed by atoms with Gasteiger partial charge in [0.1, 0.15) is 5.75 Å². The Morgan fingerprint density at radius 3 is 1.97 bits per heavy atom. The lowest BCUT2D eigenvalue weighted by Gasteiger charge is -2.33. The van der Waals surface area contributed by atoms with E-state index >= 15 is 0 Å². The molecule has 0 spiro atoms. The molecule has 162 valence electrons. The van der Waals surface area contributed by atoms with Gasteiger partial charge in [0, 0.05) is 11.3 Å². The van der Waals surface area contributed by atoms with Gasteiger partial charge >= 0.3 is 23.9 Å². The van der Waals surface area contributed by atoms with Gasteiger partial charge in [-0.05, 0) is 59.7 Å². The van der Waals surface area contributed by atoms with Crippen molar-refractivity contribution in [3.63, 3.8) is 0 Å². The molecule has 0 radical (unpaired) electrons. The Bertz CT molecular complexity index is 809. The molecule has 0 fully saturated rings. The number of halogens is 9. The predicted octanol–water partition coefficient (Wildman–Crippen LogP) is 7.21. The Balaban J connectivity index is 2.02. The van der Waals surface area contributed by atoms with Crippen molar-refractivity contribution in [2.45, 2.75) is 43.2 Å². The summed E-state index contributed by atoms with van der Waals surface area (Å²) >= 11 is 1.24. The van der Waals surface area contributed by atoms with Crippen LogP contribution in [0.2, 0.25) is 0 Å². The van der Waals surface area contributed by atoms with E-state index in [0.717, 1.165) is 10.4 Å². The van der Waals surface area contributed by atoms with E-state index in [1.807, 2.05) is 0 Å². The van der Waals surface area contributed by atoms with Gasteiger partial charge in [0.2, 0.25) is 0 Å². The van der Waals surface area contributed by atoms with Crippen LogP contribution >= 0.6 is 11.3 Å². The van der Waals surface area contributed by atoms with Crippen LogP contribution in [-0.2, 0) is 6.42 Å². The molecular formula is C18H15F9OS. The van der Waals surface area contributed by atoms with E-state index in [2.05, 4.69) is 0 Å². The van der Waals surface area contributed by atoms with Crippen LogP contribution in [0.3, 0.4) is 0 Å². The summed E-state index contributed by atoms with van der Waals surface area (Å²) in [5.74, 6) is -18.3. The second-order valence-electron chi connectivity index (χ2n) is 6.25. The molecule has 0 atom stereocenters. The van der Waals surface area contributed by atoms with Gasteiger partial charge in [-0.15, -0.1) is 11.3 Å². The summed E-state index contributed by atoms with van der Waals surface area (Å²) in [6, 6.07) is 8.47. The number of rotatable bonds is 8. The number of hydrogen-bond acceptors (Lipinski definition) is 2. The van der Waals surface area contributed by atoms with E-state index in [4.69, 9.17) is 4.74 Å². The third-order valence-electron chi connectivity index (χ3n) is 4.19. The second-order valence-corrected chi connectivity index (χ2v) is 7.16. The molecule has 11 heteroatoms. The minimum Gasteiger partial charge on any atom is -0.497 e. The summed E-state index contributed by atoms with van der Waals surface area (Å²) < 4.78 is 121. The highest BCUT2D eigenvalue weighted by Gasteiger charge is 2.81. The molecule has 2 aromatic rings. The Labute approximate surface area is 164 Å². The van der Waals surface area contributed by atoms with Crippen molar-refractivity contribution in [1.82, 2.24) is 0 Å². The third-order valence-corrected chi connectivity index (χ3v) is 5.22. The van der Waals surface area contributed by atoms with Crippen LogP contribution in [0.5, 0.6) is 5.75 Å². The topological polar surface area (TPSA) is 9.23 Å². The molecule has 1 aromatic carbocycles. The summed E-state index contributed by atoms with van der Waals surface area (Å²) in [5.41, 5.74) is 1.26. The van der Waals surface area contributed by atoms with Crippen molar-refractivity contribution in [2.75, 3.05) is 7.11 Å². The summed E-state index contributed by atoms with van der Waals surface area (Å²) in [6.45, 7) is 0. The highest BCUT2D eigenvalue weighted by atomic mass is 32.1. The van der Waals surface area contributed by atoms with Crippen molar-refractivity contribution in [2.24, 2.45) is 0 Å². The van der Waals surface area contributed by atoms with Gasteiger partial charge in [0.25, 0.3) is 0 Å². The minimum atomic E-state index is -6.84. The van der Waals surface area contributed by atoms with E-state index in [9.17, 15) is 39.5 Å². The molecule has 0 bridgehead atoms. The number of ether oxygens (including phenoxy) is 1. The van der Waals surface area contributed by atoms with Crippen LogP contribution in [0.25, 0.3) is 10.4 Å². The molecule has 29 heavy (non-hydrogen) atoms. The Kier molecular flexibility index (Phi) is 6.51. The van der Waals surface area contributed by atoms with Gasteiger partial charge in [-0.3, -0.25) is 0 Å². The lowest BCUT2D eigenvalue weighted by atomic mass is 9.98. The van der Waals surface area contributed by atoms with Gasteiger partial charge in [-0.1, -0.05) is 0 Å². The average Bonchev–Trinajstić information content (AvgIpc) is 3.09. The summed E-state index contributed by atoms with van der Waals surface area (Å²) in [7, 11) is 1.49. The van der Waals surface area contributed by atoms with Crippen LogP contribution in [0.4, 0.5) is 39.5 Å².